The predicted octanol–water partition coefficient (Wildman–Crippen LogP) is 3.07. The average molecular weight is 351 g/mol. The summed E-state index contributed by atoms with van der Waals surface area (Å²) < 4.78 is 0. The number of rotatable bonds is 6. The molecule has 0 saturated heterocycles. The Labute approximate surface area is 149 Å². The molecule has 1 aromatic rings. The molecule has 1 amide bonds. The van der Waals surface area contributed by atoms with Crippen LogP contribution in [-0.2, 0) is 15.0 Å². The van der Waals surface area contributed by atoms with Crippen molar-refractivity contribution in [3.8, 4) is 0 Å². The maximum atomic E-state index is 12.6. The smallest absolute Gasteiger partial charge is 0.230 e. The molecule has 1 aliphatic rings. The lowest BCUT2D eigenvalue weighted by molar-refractivity contribution is -0.125. The maximum Gasteiger partial charge on any atom is 0.230 e. The zero-order valence-electron chi connectivity index (χ0n) is 14.4. The van der Waals surface area contributed by atoms with Gasteiger partial charge in [0, 0.05) is 23.5 Å². The minimum atomic E-state index is -0.639. The summed E-state index contributed by atoms with van der Waals surface area (Å²) in [7, 11) is 0. The largest absolute Gasteiger partial charge is 0.354 e. The van der Waals surface area contributed by atoms with Gasteiger partial charge in [0.1, 0.15) is 6.29 Å². The summed E-state index contributed by atoms with van der Waals surface area (Å²) in [6.45, 7) is 4.26. The first-order valence-electron chi connectivity index (χ1n) is 8.59. The van der Waals surface area contributed by atoms with E-state index in [0.29, 0.717) is 17.5 Å². The lowest BCUT2D eigenvalue weighted by Gasteiger charge is -2.31. The first kappa shape index (κ1) is 18.9. The Morgan fingerprint density at radius 1 is 1.29 bits per heavy atom. The number of benzene rings is 1. The van der Waals surface area contributed by atoms with E-state index in [4.69, 9.17) is 17.3 Å². The highest BCUT2D eigenvalue weighted by Gasteiger charge is 2.31. The molecule has 1 aliphatic carbocycles. The second kappa shape index (κ2) is 8.13. The monoisotopic (exact) mass is 350 g/mol. The number of amides is 1. The van der Waals surface area contributed by atoms with E-state index in [1.54, 1.807) is 12.1 Å². The molecule has 1 unspecified atom stereocenters. The molecular weight excluding hydrogens is 324 g/mol. The van der Waals surface area contributed by atoms with Crippen molar-refractivity contribution in [3.63, 3.8) is 0 Å². The average Bonchev–Trinajstić information content (AvgIpc) is 2.59. The molecule has 0 aromatic heterocycles. The Morgan fingerprint density at radius 2 is 1.88 bits per heavy atom. The summed E-state index contributed by atoms with van der Waals surface area (Å²) in [6, 6.07) is 7.28. The van der Waals surface area contributed by atoms with Gasteiger partial charge >= 0.3 is 0 Å². The van der Waals surface area contributed by atoms with Gasteiger partial charge in [0.25, 0.3) is 0 Å². The van der Waals surface area contributed by atoms with Crippen molar-refractivity contribution < 1.29 is 9.59 Å². The zero-order chi connectivity index (χ0) is 17.7. The van der Waals surface area contributed by atoms with E-state index in [1.807, 2.05) is 26.0 Å². The van der Waals surface area contributed by atoms with Crippen LogP contribution in [-0.4, -0.2) is 24.8 Å². The van der Waals surface area contributed by atoms with Crippen molar-refractivity contribution in [1.82, 2.24) is 5.32 Å². The molecule has 1 saturated carbocycles. The number of hydrogen-bond acceptors (Lipinski definition) is 3. The van der Waals surface area contributed by atoms with Gasteiger partial charge in [0.15, 0.2) is 0 Å². The van der Waals surface area contributed by atoms with E-state index in [0.717, 1.165) is 37.5 Å². The summed E-state index contributed by atoms with van der Waals surface area (Å²) in [5, 5.41) is 3.65. The fourth-order valence-corrected chi connectivity index (χ4v) is 3.43. The molecule has 0 radical (unpaired) electrons. The van der Waals surface area contributed by atoms with Gasteiger partial charge in [-0.1, -0.05) is 23.7 Å². The summed E-state index contributed by atoms with van der Waals surface area (Å²) >= 11 is 5.91. The summed E-state index contributed by atoms with van der Waals surface area (Å²) in [5.41, 5.74) is 6.55. The van der Waals surface area contributed by atoms with Crippen LogP contribution in [0.25, 0.3) is 0 Å². The number of nitrogens with two attached hydrogens (primary N) is 1. The Hall–Kier alpha value is -1.39. The topological polar surface area (TPSA) is 72.2 Å². The van der Waals surface area contributed by atoms with Gasteiger partial charge < -0.3 is 15.8 Å². The quantitative estimate of drug-likeness (QED) is 0.774. The van der Waals surface area contributed by atoms with Crippen LogP contribution in [0.5, 0.6) is 0 Å². The van der Waals surface area contributed by atoms with Gasteiger partial charge in [0.2, 0.25) is 5.91 Å². The molecule has 3 N–H and O–H groups in total. The van der Waals surface area contributed by atoms with Crippen LogP contribution in [0.4, 0.5) is 0 Å². The second-order valence-electron chi connectivity index (χ2n) is 7.32. The fraction of sp³-hybridized carbons (Fsp3) is 0.579. The van der Waals surface area contributed by atoms with Crippen LogP contribution in [0, 0.1) is 11.8 Å². The number of nitrogens with one attached hydrogen (secondary N) is 1. The number of carbonyl (C=O) groups is 2. The predicted molar refractivity (Wildman–Crippen MR) is 97.0 cm³/mol. The Bertz CT molecular complexity index is 563. The van der Waals surface area contributed by atoms with Crippen molar-refractivity contribution in [3.05, 3.63) is 34.9 Å². The highest BCUT2D eigenvalue weighted by Crippen LogP contribution is 2.29. The molecule has 0 bridgehead atoms. The third-order valence-corrected chi connectivity index (χ3v) is 5.50. The third-order valence-electron chi connectivity index (χ3n) is 5.25. The van der Waals surface area contributed by atoms with Gasteiger partial charge in [-0.3, -0.25) is 4.79 Å². The fourth-order valence-electron chi connectivity index (χ4n) is 3.31. The van der Waals surface area contributed by atoms with Crippen molar-refractivity contribution in [2.75, 3.05) is 6.54 Å². The summed E-state index contributed by atoms with van der Waals surface area (Å²) in [6.07, 6.45) is 4.79. The van der Waals surface area contributed by atoms with Gasteiger partial charge in [-0.2, -0.15) is 0 Å². The van der Waals surface area contributed by atoms with E-state index in [-0.39, 0.29) is 17.9 Å². The molecular formula is C19H27ClN2O2. The van der Waals surface area contributed by atoms with Crippen LogP contribution in [0.3, 0.4) is 0 Å². The normalized spacial score (nSPS) is 22.7. The Kier molecular flexibility index (Phi) is 6.41. The van der Waals surface area contributed by atoms with Crippen LogP contribution < -0.4 is 11.1 Å². The third kappa shape index (κ3) is 4.58. The molecule has 2 rings (SSSR count). The lowest BCUT2D eigenvalue weighted by atomic mass is 9.79. The molecule has 0 heterocycles. The van der Waals surface area contributed by atoms with Crippen LogP contribution in [0.2, 0.25) is 5.02 Å². The SMILES string of the molecule is CC(C)(C(=O)NCC(N)C1CCC(C=O)CC1)c1ccc(Cl)cc1. The van der Waals surface area contributed by atoms with Crippen molar-refractivity contribution >= 4 is 23.8 Å². The van der Waals surface area contributed by atoms with Crippen LogP contribution >= 0.6 is 11.6 Å². The molecule has 0 aliphatic heterocycles. The number of halogens is 1. The molecule has 5 heteroatoms. The maximum absolute atomic E-state index is 12.6. The molecule has 1 fully saturated rings. The first-order chi connectivity index (χ1) is 11.3. The summed E-state index contributed by atoms with van der Waals surface area (Å²) in [4.78, 5) is 23.4. The highest BCUT2D eigenvalue weighted by atomic mass is 35.5. The minimum Gasteiger partial charge on any atom is -0.354 e. The Balaban J connectivity index is 1.87. The van der Waals surface area contributed by atoms with E-state index in [1.165, 1.54) is 0 Å². The number of aldehydes is 1. The Morgan fingerprint density at radius 3 is 2.42 bits per heavy atom. The first-order valence-corrected chi connectivity index (χ1v) is 8.97. The lowest BCUT2D eigenvalue weighted by Crippen LogP contribution is -2.48. The van der Waals surface area contributed by atoms with E-state index >= 15 is 0 Å². The second-order valence-corrected chi connectivity index (χ2v) is 7.75. The standard InChI is InChI=1S/C19H27ClN2O2/c1-19(2,15-7-9-16(20)10-8-15)18(24)22-11-17(21)14-5-3-13(12-23)4-6-14/h7-10,12-14,17H,3-6,11,21H2,1-2H3,(H,22,24). The van der Waals surface area contributed by atoms with Gasteiger partial charge in [-0.15, -0.1) is 0 Å². The van der Waals surface area contributed by atoms with Crippen LogP contribution in [0.1, 0.15) is 45.1 Å². The minimum absolute atomic E-state index is 0.0400. The number of carbonyl (C=O) groups excluding carboxylic acids is 2. The molecule has 1 aromatic carbocycles. The molecule has 0 spiro atoms. The van der Waals surface area contributed by atoms with Gasteiger partial charge in [0.05, 0.1) is 5.41 Å². The van der Waals surface area contributed by atoms with E-state index < -0.39 is 5.41 Å². The zero-order valence-corrected chi connectivity index (χ0v) is 15.2. The molecule has 4 nitrogen and oxygen atoms in total. The number of hydrogen-bond donors (Lipinski definition) is 2. The molecule has 132 valence electrons. The van der Waals surface area contributed by atoms with Gasteiger partial charge in [-0.25, -0.2) is 0 Å². The van der Waals surface area contributed by atoms with Crippen molar-refractivity contribution in [1.29, 1.82) is 0 Å². The van der Waals surface area contributed by atoms with Gasteiger partial charge in [-0.05, 0) is 63.1 Å². The van der Waals surface area contributed by atoms with E-state index in [2.05, 4.69) is 5.32 Å². The molecule has 1 atom stereocenters. The van der Waals surface area contributed by atoms with Crippen molar-refractivity contribution in [2.24, 2.45) is 17.6 Å². The van der Waals surface area contributed by atoms with Crippen molar-refractivity contribution in [2.45, 2.75) is 51.0 Å². The highest BCUT2D eigenvalue weighted by molar-refractivity contribution is 6.30. The summed E-state index contributed by atoms with van der Waals surface area (Å²) in [5.74, 6) is 0.522. The molecule has 24 heavy (non-hydrogen) atoms. The van der Waals surface area contributed by atoms with E-state index in [9.17, 15) is 9.59 Å². The van der Waals surface area contributed by atoms with Crippen LogP contribution in [0.15, 0.2) is 24.3 Å².